The molecule has 16 heavy (non-hydrogen) atoms. The van der Waals surface area contributed by atoms with Gasteiger partial charge in [-0.15, -0.1) is 12.6 Å². The summed E-state index contributed by atoms with van der Waals surface area (Å²) in [7, 11) is 0. The molecule has 0 aliphatic heterocycles. The fourth-order valence-corrected chi connectivity index (χ4v) is 1.61. The average Bonchev–Trinajstić information content (AvgIpc) is 2.21. The van der Waals surface area contributed by atoms with Crippen molar-refractivity contribution < 1.29 is 18.3 Å². The van der Waals surface area contributed by atoms with Gasteiger partial charge < -0.3 is 4.74 Å². The maximum absolute atomic E-state index is 11.9. The van der Waals surface area contributed by atoms with E-state index in [9.17, 15) is 13.6 Å². The molecule has 0 spiro atoms. The lowest BCUT2D eigenvalue weighted by atomic mass is 10.1. The third kappa shape index (κ3) is 4.09. The molecule has 0 atom stereocenters. The molecule has 0 aliphatic rings. The molecule has 0 saturated carbocycles. The number of Topliss-reactive ketones (excluding diaryl/α,β-unsaturated/α-hetero) is 1. The summed E-state index contributed by atoms with van der Waals surface area (Å²) in [6, 6.07) is 4.31. The monoisotopic (exact) mass is 310 g/mol. The van der Waals surface area contributed by atoms with Crippen LogP contribution >= 0.6 is 28.6 Å². The summed E-state index contributed by atoms with van der Waals surface area (Å²) in [5.74, 6) is 0.0351. The zero-order valence-electron chi connectivity index (χ0n) is 8.12. The van der Waals surface area contributed by atoms with Crippen molar-refractivity contribution in [3.63, 3.8) is 0 Å². The van der Waals surface area contributed by atoms with Crippen LogP contribution in [0.2, 0.25) is 0 Å². The Labute approximate surface area is 106 Å². The molecule has 88 valence electrons. The van der Waals surface area contributed by atoms with Crippen molar-refractivity contribution >= 4 is 34.3 Å². The molecule has 0 saturated heterocycles. The molecule has 0 aromatic heterocycles. The lowest BCUT2D eigenvalue weighted by Crippen LogP contribution is -2.05. The highest BCUT2D eigenvalue weighted by atomic mass is 79.9. The quantitative estimate of drug-likeness (QED) is 0.668. The first-order chi connectivity index (χ1) is 7.52. The Balaban J connectivity index is 2.79. The Bertz CT molecular complexity index is 385. The first-order valence-electron chi connectivity index (χ1n) is 4.37. The first kappa shape index (κ1) is 13.4. The van der Waals surface area contributed by atoms with E-state index in [1.165, 1.54) is 12.1 Å². The predicted octanol–water partition coefficient (Wildman–Crippen LogP) is 3.08. The number of hydrogen-bond acceptors (Lipinski definition) is 3. The van der Waals surface area contributed by atoms with Gasteiger partial charge in [0.1, 0.15) is 11.5 Å². The van der Waals surface area contributed by atoms with Crippen LogP contribution < -0.4 is 4.74 Å². The Morgan fingerprint density at radius 1 is 1.50 bits per heavy atom. The van der Waals surface area contributed by atoms with E-state index in [1.54, 1.807) is 6.07 Å². The smallest absolute Gasteiger partial charge is 0.387 e. The van der Waals surface area contributed by atoms with E-state index in [2.05, 4.69) is 33.3 Å². The second-order valence-corrected chi connectivity index (χ2v) is 4.06. The lowest BCUT2D eigenvalue weighted by molar-refractivity contribution is -0.115. The van der Waals surface area contributed by atoms with Crippen LogP contribution in [-0.2, 0) is 11.2 Å². The number of ether oxygens (including phenoxy) is 1. The molecule has 0 heterocycles. The SMILES string of the molecule is O=C(CBr)Cc1ccc(OC(F)F)cc1S. The van der Waals surface area contributed by atoms with Crippen molar-refractivity contribution in [2.24, 2.45) is 0 Å². The number of carbonyl (C=O) groups excluding carboxylic acids is 1. The molecular formula is C10H9BrF2O2S. The van der Waals surface area contributed by atoms with E-state index in [0.29, 0.717) is 10.5 Å². The minimum Gasteiger partial charge on any atom is -0.435 e. The Morgan fingerprint density at radius 2 is 2.19 bits per heavy atom. The maximum atomic E-state index is 11.9. The number of benzene rings is 1. The normalized spacial score (nSPS) is 10.6. The van der Waals surface area contributed by atoms with Gasteiger partial charge in [0, 0.05) is 11.3 Å². The zero-order chi connectivity index (χ0) is 12.1. The fourth-order valence-electron chi connectivity index (χ4n) is 1.13. The third-order valence-corrected chi connectivity index (χ3v) is 2.86. The van der Waals surface area contributed by atoms with E-state index < -0.39 is 6.61 Å². The number of carbonyl (C=O) groups is 1. The number of ketones is 1. The van der Waals surface area contributed by atoms with Gasteiger partial charge in [-0.1, -0.05) is 22.0 Å². The van der Waals surface area contributed by atoms with Gasteiger partial charge in [-0.05, 0) is 17.7 Å². The van der Waals surface area contributed by atoms with Gasteiger partial charge in [0.15, 0.2) is 0 Å². The van der Waals surface area contributed by atoms with Crippen LogP contribution in [-0.4, -0.2) is 17.7 Å². The second-order valence-electron chi connectivity index (χ2n) is 3.02. The number of alkyl halides is 3. The number of hydrogen-bond donors (Lipinski definition) is 1. The highest BCUT2D eigenvalue weighted by Gasteiger charge is 2.09. The zero-order valence-corrected chi connectivity index (χ0v) is 10.6. The van der Waals surface area contributed by atoms with Crippen LogP contribution in [0.4, 0.5) is 8.78 Å². The highest BCUT2D eigenvalue weighted by Crippen LogP contribution is 2.23. The van der Waals surface area contributed by atoms with Crippen molar-refractivity contribution in [3.8, 4) is 5.75 Å². The van der Waals surface area contributed by atoms with Gasteiger partial charge in [0.05, 0.1) is 5.33 Å². The third-order valence-electron chi connectivity index (χ3n) is 1.82. The summed E-state index contributed by atoms with van der Waals surface area (Å²) >= 11 is 7.16. The van der Waals surface area contributed by atoms with Crippen LogP contribution in [0.3, 0.4) is 0 Å². The summed E-state index contributed by atoms with van der Waals surface area (Å²) in [6.45, 7) is -2.86. The van der Waals surface area contributed by atoms with E-state index in [0.717, 1.165) is 0 Å². The molecule has 1 rings (SSSR count). The summed E-state index contributed by atoms with van der Waals surface area (Å²) in [4.78, 5) is 11.6. The van der Waals surface area contributed by atoms with Crippen molar-refractivity contribution in [1.29, 1.82) is 0 Å². The van der Waals surface area contributed by atoms with Crippen LogP contribution in [0.25, 0.3) is 0 Å². The van der Waals surface area contributed by atoms with Crippen molar-refractivity contribution in [2.45, 2.75) is 17.9 Å². The largest absolute Gasteiger partial charge is 0.435 e. The molecule has 0 aliphatic carbocycles. The van der Waals surface area contributed by atoms with E-state index in [-0.39, 0.29) is 23.3 Å². The predicted molar refractivity (Wildman–Crippen MR) is 62.8 cm³/mol. The first-order valence-corrected chi connectivity index (χ1v) is 5.94. The molecule has 0 bridgehead atoms. The van der Waals surface area contributed by atoms with Gasteiger partial charge >= 0.3 is 6.61 Å². The molecule has 6 heteroatoms. The van der Waals surface area contributed by atoms with Gasteiger partial charge in [-0.2, -0.15) is 8.78 Å². The standard InChI is InChI=1S/C10H9BrF2O2S/c11-5-7(14)3-6-1-2-8(4-9(6)16)15-10(12)13/h1-2,4,10,16H,3,5H2. The maximum Gasteiger partial charge on any atom is 0.387 e. The lowest BCUT2D eigenvalue weighted by Gasteiger charge is -2.08. The number of rotatable bonds is 5. The number of halogens is 3. The van der Waals surface area contributed by atoms with E-state index in [1.807, 2.05) is 0 Å². The van der Waals surface area contributed by atoms with Crippen molar-refractivity contribution in [3.05, 3.63) is 23.8 Å². The Morgan fingerprint density at radius 3 is 2.69 bits per heavy atom. The fraction of sp³-hybridized carbons (Fsp3) is 0.300. The van der Waals surface area contributed by atoms with Crippen molar-refractivity contribution in [1.82, 2.24) is 0 Å². The average molecular weight is 311 g/mol. The Kier molecular flexibility index (Phi) is 5.21. The molecular weight excluding hydrogens is 302 g/mol. The molecule has 0 fully saturated rings. The molecule has 0 radical (unpaired) electrons. The molecule has 1 aromatic rings. The highest BCUT2D eigenvalue weighted by molar-refractivity contribution is 9.09. The Hall–Kier alpha value is -0.620. The molecule has 0 unspecified atom stereocenters. The summed E-state index contributed by atoms with van der Waals surface area (Å²) in [5.41, 5.74) is 0.689. The minimum atomic E-state index is -2.86. The topological polar surface area (TPSA) is 26.3 Å². The van der Waals surface area contributed by atoms with Crippen LogP contribution in [0.15, 0.2) is 23.1 Å². The molecule has 0 N–H and O–H groups in total. The summed E-state index contributed by atoms with van der Waals surface area (Å²) in [5, 5.41) is 0.259. The van der Waals surface area contributed by atoms with E-state index in [4.69, 9.17) is 0 Å². The molecule has 0 amide bonds. The summed E-state index contributed by atoms with van der Waals surface area (Å²) < 4.78 is 28.0. The van der Waals surface area contributed by atoms with E-state index >= 15 is 0 Å². The minimum absolute atomic E-state index is 0.00201. The second kappa shape index (κ2) is 6.20. The molecule has 2 nitrogen and oxygen atoms in total. The van der Waals surface area contributed by atoms with Gasteiger partial charge in [-0.3, -0.25) is 4.79 Å². The van der Waals surface area contributed by atoms with Crippen LogP contribution in [0.1, 0.15) is 5.56 Å². The summed E-state index contributed by atoms with van der Waals surface area (Å²) in [6.07, 6.45) is 0.221. The van der Waals surface area contributed by atoms with Gasteiger partial charge in [-0.25, -0.2) is 0 Å². The van der Waals surface area contributed by atoms with Crippen LogP contribution in [0, 0.1) is 0 Å². The van der Waals surface area contributed by atoms with Crippen LogP contribution in [0.5, 0.6) is 5.75 Å². The van der Waals surface area contributed by atoms with Gasteiger partial charge in [0.25, 0.3) is 0 Å². The molecule has 1 aromatic carbocycles. The number of thiol groups is 1. The van der Waals surface area contributed by atoms with Gasteiger partial charge in [0.2, 0.25) is 0 Å². The van der Waals surface area contributed by atoms with Crippen molar-refractivity contribution in [2.75, 3.05) is 5.33 Å².